The number of carbonyl (C=O) groups is 2. The van der Waals surface area contributed by atoms with Gasteiger partial charge < -0.3 is 15.2 Å². The van der Waals surface area contributed by atoms with Crippen LogP contribution in [0.4, 0.5) is 0 Å². The fourth-order valence-corrected chi connectivity index (χ4v) is 2.71. The Morgan fingerprint density at radius 1 is 1.11 bits per heavy atom. The van der Waals surface area contributed by atoms with Crippen molar-refractivity contribution in [2.45, 2.75) is 58.9 Å². The minimum absolute atomic E-state index is 0.00994. The topological polar surface area (TPSA) is 97.1 Å². The Morgan fingerprint density at radius 2 is 1.82 bits per heavy atom. The second-order valence-corrected chi connectivity index (χ2v) is 7.55. The predicted octanol–water partition coefficient (Wildman–Crippen LogP) is 2.63. The molecular formula is C21H30N4O3. The average molecular weight is 386 g/mol. The van der Waals surface area contributed by atoms with Crippen LogP contribution in [-0.4, -0.2) is 34.5 Å². The molecule has 7 heteroatoms. The standard InChI is InChI=1S/C21H30N4O3/c1-14(2)19(23-17(26)13-16-9-6-5-7-10-16)21(27)22-12-8-11-18-24-20(15(3)4)25-28-18/h5-7,9-10,14-15,19H,8,11-13H2,1-4H3,(H,22,27)(H,23,26). The van der Waals surface area contributed by atoms with Crippen molar-refractivity contribution >= 4 is 11.8 Å². The molecule has 7 nitrogen and oxygen atoms in total. The van der Waals surface area contributed by atoms with Gasteiger partial charge in [-0.25, -0.2) is 0 Å². The Labute approximate surface area is 166 Å². The summed E-state index contributed by atoms with van der Waals surface area (Å²) in [4.78, 5) is 29.1. The van der Waals surface area contributed by atoms with Crippen LogP contribution in [0.2, 0.25) is 0 Å². The first-order valence-electron chi connectivity index (χ1n) is 9.80. The number of carbonyl (C=O) groups excluding carboxylic acids is 2. The second-order valence-electron chi connectivity index (χ2n) is 7.55. The van der Waals surface area contributed by atoms with Crippen LogP contribution in [0.25, 0.3) is 0 Å². The first-order valence-corrected chi connectivity index (χ1v) is 9.80. The van der Waals surface area contributed by atoms with Crippen molar-refractivity contribution in [3.63, 3.8) is 0 Å². The quantitative estimate of drug-likeness (QED) is 0.612. The van der Waals surface area contributed by atoms with Gasteiger partial charge in [-0.2, -0.15) is 4.98 Å². The lowest BCUT2D eigenvalue weighted by Gasteiger charge is -2.21. The third-order valence-corrected chi connectivity index (χ3v) is 4.34. The fourth-order valence-electron chi connectivity index (χ4n) is 2.71. The van der Waals surface area contributed by atoms with Crippen molar-refractivity contribution in [3.05, 3.63) is 47.6 Å². The lowest BCUT2D eigenvalue weighted by atomic mass is 10.0. The Hall–Kier alpha value is -2.70. The first-order chi connectivity index (χ1) is 13.4. The van der Waals surface area contributed by atoms with Gasteiger partial charge in [0.25, 0.3) is 0 Å². The van der Waals surface area contributed by atoms with Gasteiger partial charge in [-0.1, -0.05) is 63.2 Å². The van der Waals surface area contributed by atoms with Crippen molar-refractivity contribution < 1.29 is 14.1 Å². The molecule has 0 spiro atoms. The minimum Gasteiger partial charge on any atom is -0.354 e. The van der Waals surface area contributed by atoms with Crippen molar-refractivity contribution in [2.24, 2.45) is 5.92 Å². The number of aryl methyl sites for hydroxylation is 1. The number of nitrogens with one attached hydrogen (secondary N) is 2. The molecule has 2 rings (SSSR count). The molecule has 0 aliphatic rings. The van der Waals surface area contributed by atoms with Gasteiger partial charge in [-0.05, 0) is 17.9 Å². The van der Waals surface area contributed by atoms with Gasteiger partial charge in [-0.15, -0.1) is 0 Å². The lowest BCUT2D eigenvalue weighted by Crippen LogP contribution is -2.50. The predicted molar refractivity (Wildman–Crippen MR) is 107 cm³/mol. The molecule has 0 aliphatic carbocycles. The van der Waals surface area contributed by atoms with Crippen LogP contribution in [0.15, 0.2) is 34.9 Å². The zero-order valence-corrected chi connectivity index (χ0v) is 17.1. The summed E-state index contributed by atoms with van der Waals surface area (Å²) in [5.74, 6) is 1.15. The number of amides is 2. The van der Waals surface area contributed by atoms with E-state index in [0.29, 0.717) is 31.1 Å². The number of nitrogens with zero attached hydrogens (tertiary/aromatic N) is 2. The molecule has 0 saturated carbocycles. The number of benzene rings is 1. The normalized spacial score (nSPS) is 12.2. The van der Waals surface area contributed by atoms with Crippen LogP contribution in [0.5, 0.6) is 0 Å². The van der Waals surface area contributed by atoms with E-state index >= 15 is 0 Å². The van der Waals surface area contributed by atoms with E-state index in [-0.39, 0.29) is 30.1 Å². The molecule has 0 fully saturated rings. The summed E-state index contributed by atoms with van der Waals surface area (Å²) in [6.07, 6.45) is 1.55. The van der Waals surface area contributed by atoms with E-state index in [0.717, 1.165) is 5.56 Å². The van der Waals surface area contributed by atoms with Crippen molar-refractivity contribution in [2.75, 3.05) is 6.54 Å². The Bertz CT molecular complexity index is 756. The summed E-state index contributed by atoms with van der Waals surface area (Å²) < 4.78 is 5.20. The number of rotatable bonds is 10. The third-order valence-electron chi connectivity index (χ3n) is 4.34. The van der Waals surface area contributed by atoms with E-state index in [1.54, 1.807) is 0 Å². The SMILES string of the molecule is CC(C)c1noc(CCCNC(=O)C(NC(=O)Cc2ccccc2)C(C)C)n1. The summed E-state index contributed by atoms with van der Waals surface area (Å²) in [6, 6.07) is 8.92. The summed E-state index contributed by atoms with van der Waals surface area (Å²) in [7, 11) is 0. The van der Waals surface area contributed by atoms with Gasteiger partial charge in [0.15, 0.2) is 5.82 Å². The monoisotopic (exact) mass is 386 g/mol. The minimum atomic E-state index is -0.563. The molecule has 1 atom stereocenters. The third kappa shape index (κ3) is 6.79. The van der Waals surface area contributed by atoms with E-state index in [1.165, 1.54) is 0 Å². The highest BCUT2D eigenvalue weighted by Gasteiger charge is 2.23. The molecule has 2 aromatic rings. The van der Waals surface area contributed by atoms with Crippen LogP contribution in [0.1, 0.15) is 57.3 Å². The van der Waals surface area contributed by atoms with Crippen molar-refractivity contribution in [1.82, 2.24) is 20.8 Å². The van der Waals surface area contributed by atoms with Gasteiger partial charge in [0.2, 0.25) is 17.7 Å². The summed E-state index contributed by atoms with van der Waals surface area (Å²) in [5, 5.41) is 9.66. The van der Waals surface area contributed by atoms with Crippen molar-refractivity contribution in [3.8, 4) is 0 Å². The number of hydrogen-bond acceptors (Lipinski definition) is 5. The highest BCUT2D eigenvalue weighted by atomic mass is 16.5. The molecule has 1 aromatic heterocycles. The highest BCUT2D eigenvalue weighted by molar-refractivity contribution is 5.88. The molecule has 0 saturated heterocycles. The molecule has 0 bridgehead atoms. The fraction of sp³-hybridized carbons (Fsp3) is 0.524. The molecular weight excluding hydrogens is 356 g/mol. The highest BCUT2D eigenvalue weighted by Crippen LogP contribution is 2.10. The molecule has 1 unspecified atom stereocenters. The largest absolute Gasteiger partial charge is 0.354 e. The molecule has 0 radical (unpaired) electrons. The molecule has 0 aliphatic heterocycles. The van der Waals surface area contributed by atoms with Crippen molar-refractivity contribution in [1.29, 1.82) is 0 Å². The number of aromatic nitrogens is 2. The Morgan fingerprint density at radius 3 is 2.43 bits per heavy atom. The van der Waals surface area contributed by atoms with Gasteiger partial charge in [0, 0.05) is 18.9 Å². The van der Waals surface area contributed by atoms with E-state index in [2.05, 4.69) is 20.8 Å². The smallest absolute Gasteiger partial charge is 0.242 e. The molecule has 152 valence electrons. The molecule has 1 aromatic carbocycles. The zero-order chi connectivity index (χ0) is 20.5. The maximum absolute atomic E-state index is 12.5. The summed E-state index contributed by atoms with van der Waals surface area (Å²) >= 11 is 0. The lowest BCUT2D eigenvalue weighted by molar-refractivity contribution is -0.129. The second kappa shape index (κ2) is 10.6. The Kier molecular flexibility index (Phi) is 8.17. The maximum atomic E-state index is 12.5. The van der Waals surface area contributed by atoms with Crippen LogP contribution >= 0.6 is 0 Å². The Balaban J connectivity index is 1.77. The van der Waals surface area contributed by atoms with Crippen LogP contribution < -0.4 is 10.6 Å². The van der Waals surface area contributed by atoms with Gasteiger partial charge in [0.1, 0.15) is 6.04 Å². The summed E-state index contributed by atoms with van der Waals surface area (Å²) in [6.45, 7) is 8.33. The van der Waals surface area contributed by atoms with Gasteiger partial charge >= 0.3 is 0 Å². The molecule has 2 amide bonds. The zero-order valence-electron chi connectivity index (χ0n) is 17.1. The van der Waals surface area contributed by atoms with E-state index in [1.807, 2.05) is 58.0 Å². The average Bonchev–Trinajstić information content (AvgIpc) is 3.13. The van der Waals surface area contributed by atoms with E-state index < -0.39 is 6.04 Å². The van der Waals surface area contributed by atoms with Gasteiger partial charge in [-0.3, -0.25) is 9.59 Å². The number of hydrogen-bond donors (Lipinski definition) is 2. The van der Waals surface area contributed by atoms with Crippen LogP contribution in [-0.2, 0) is 22.4 Å². The van der Waals surface area contributed by atoms with Crippen LogP contribution in [0, 0.1) is 5.92 Å². The molecule has 28 heavy (non-hydrogen) atoms. The molecule has 2 N–H and O–H groups in total. The maximum Gasteiger partial charge on any atom is 0.242 e. The van der Waals surface area contributed by atoms with E-state index in [4.69, 9.17) is 4.52 Å². The molecule has 1 heterocycles. The summed E-state index contributed by atoms with van der Waals surface area (Å²) in [5.41, 5.74) is 0.920. The van der Waals surface area contributed by atoms with Crippen LogP contribution in [0.3, 0.4) is 0 Å². The van der Waals surface area contributed by atoms with E-state index in [9.17, 15) is 9.59 Å². The van der Waals surface area contributed by atoms with Gasteiger partial charge in [0.05, 0.1) is 6.42 Å². The first kappa shape index (κ1) is 21.6.